The molecule has 3 aromatic rings. The number of nitriles is 1. The molecule has 1 aliphatic rings. The van der Waals surface area contributed by atoms with Gasteiger partial charge in [0, 0.05) is 10.6 Å². The van der Waals surface area contributed by atoms with E-state index < -0.39 is 5.82 Å². The summed E-state index contributed by atoms with van der Waals surface area (Å²) in [6.07, 6.45) is 2.88. The van der Waals surface area contributed by atoms with Crippen LogP contribution in [0, 0.1) is 29.0 Å². The summed E-state index contributed by atoms with van der Waals surface area (Å²) in [5.74, 6) is 0.438. The molecule has 0 radical (unpaired) electrons. The summed E-state index contributed by atoms with van der Waals surface area (Å²) in [6.45, 7) is 4.05. The molecule has 2 heterocycles. The molecule has 1 aromatic carbocycles. The van der Waals surface area contributed by atoms with E-state index >= 15 is 0 Å². The van der Waals surface area contributed by atoms with Gasteiger partial charge in [0.25, 0.3) is 5.56 Å². The SMILES string of the molecule is C[C@H]1CCc2c(sc3nc(SC[C@H](C)C#N)n(-c4ccccc4F)c(=O)c23)C1. The molecule has 0 spiro atoms. The third-order valence-corrected chi connectivity index (χ3v) is 7.42. The third kappa shape index (κ3) is 3.36. The first kappa shape index (κ1) is 19.2. The summed E-state index contributed by atoms with van der Waals surface area (Å²) in [5, 5.41) is 10.2. The number of halogens is 1. The van der Waals surface area contributed by atoms with Crippen molar-refractivity contribution in [1.82, 2.24) is 9.55 Å². The lowest BCUT2D eigenvalue weighted by Crippen LogP contribution is -2.23. The number of aromatic nitrogens is 2. The molecule has 2 atom stereocenters. The Morgan fingerprint density at radius 2 is 2.25 bits per heavy atom. The topological polar surface area (TPSA) is 58.7 Å². The lowest BCUT2D eigenvalue weighted by atomic mass is 9.89. The first-order valence-electron chi connectivity index (χ1n) is 9.34. The van der Waals surface area contributed by atoms with E-state index in [0.717, 1.165) is 29.7 Å². The molecule has 0 saturated heterocycles. The molecule has 0 saturated carbocycles. The maximum atomic E-state index is 14.6. The van der Waals surface area contributed by atoms with Crippen LogP contribution in [-0.4, -0.2) is 15.3 Å². The van der Waals surface area contributed by atoms with Crippen LogP contribution in [0.15, 0.2) is 34.2 Å². The number of para-hydroxylation sites is 1. The fourth-order valence-electron chi connectivity index (χ4n) is 3.55. The van der Waals surface area contributed by atoms with Gasteiger partial charge in [0.05, 0.1) is 23.1 Å². The monoisotopic (exact) mass is 413 g/mol. The minimum absolute atomic E-state index is 0.191. The predicted molar refractivity (Wildman–Crippen MR) is 112 cm³/mol. The van der Waals surface area contributed by atoms with Crippen molar-refractivity contribution in [1.29, 1.82) is 5.26 Å². The van der Waals surface area contributed by atoms with Crippen molar-refractivity contribution in [3.63, 3.8) is 0 Å². The van der Waals surface area contributed by atoms with Gasteiger partial charge >= 0.3 is 0 Å². The summed E-state index contributed by atoms with van der Waals surface area (Å²) >= 11 is 2.91. The summed E-state index contributed by atoms with van der Waals surface area (Å²) in [5.41, 5.74) is 1.08. The zero-order valence-corrected chi connectivity index (χ0v) is 17.4. The third-order valence-electron chi connectivity index (χ3n) is 5.07. The normalized spacial score (nSPS) is 17.3. The van der Waals surface area contributed by atoms with Gasteiger partial charge in [-0.05, 0) is 49.8 Å². The van der Waals surface area contributed by atoms with Crippen LogP contribution in [0.1, 0.15) is 30.7 Å². The second-order valence-electron chi connectivity index (χ2n) is 7.36. The molecule has 4 rings (SSSR count). The Morgan fingerprint density at radius 1 is 1.46 bits per heavy atom. The Balaban J connectivity index is 1.96. The molecule has 2 aromatic heterocycles. The first-order valence-corrected chi connectivity index (χ1v) is 11.1. The second kappa shape index (κ2) is 7.69. The number of hydrogen-bond donors (Lipinski definition) is 0. The van der Waals surface area contributed by atoms with Gasteiger partial charge in [0.2, 0.25) is 0 Å². The maximum Gasteiger partial charge on any atom is 0.267 e. The largest absolute Gasteiger partial charge is 0.268 e. The van der Waals surface area contributed by atoms with Crippen molar-refractivity contribution < 1.29 is 4.39 Å². The average Bonchev–Trinajstić information content (AvgIpc) is 3.04. The lowest BCUT2D eigenvalue weighted by molar-refractivity contribution is 0.509. The minimum atomic E-state index is -0.460. The number of benzene rings is 1. The van der Waals surface area contributed by atoms with Crippen molar-refractivity contribution in [3.05, 3.63) is 50.9 Å². The molecule has 0 bridgehead atoms. The number of hydrogen-bond acceptors (Lipinski definition) is 5. The van der Waals surface area contributed by atoms with Crippen LogP contribution in [0.4, 0.5) is 4.39 Å². The van der Waals surface area contributed by atoms with E-state index in [2.05, 4.69) is 13.0 Å². The Hall–Kier alpha value is -2.17. The van der Waals surface area contributed by atoms with Crippen LogP contribution in [0.3, 0.4) is 0 Å². The van der Waals surface area contributed by atoms with E-state index in [9.17, 15) is 9.18 Å². The van der Waals surface area contributed by atoms with Gasteiger partial charge < -0.3 is 0 Å². The van der Waals surface area contributed by atoms with Gasteiger partial charge in [-0.1, -0.05) is 30.8 Å². The first-order chi connectivity index (χ1) is 13.5. The summed E-state index contributed by atoms with van der Waals surface area (Å²) in [4.78, 5) is 20.2. The lowest BCUT2D eigenvalue weighted by Gasteiger charge is -2.18. The Labute approximate surface area is 171 Å². The molecule has 0 unspecified atom stereocenters. The van der Waals surface area contributed by atoms with Crippen LogP contribution >= 0.6 is 23.1 Å². The second-order valence-corrected chi connectivity index (χ2v) is 9.43. The fraction of sp³-hybridized carbons (Fsp3) is 0.381. The summed E-state index contributed by atoms with van der Waals surface area (Å²) < 4.78 is 16.0. The summed E-state index contributed by atoms with van der Waals surface area (Å²) in [6, 6.07) is 8.46. The Morgan fingerprint density at radius 3 is 3.00 bits per heavy atom. The highest BCUT2D eigenvalue weighted by Gasteiger charge is 2.25. The van der Waals surface area contributed by atoms with Gasteiger partial charge in [-0.15, -0.1) is 11.3 Å². The van der Waals surface area contributed by atoms with E-state index in [4.69, 9.17) is 10.2 Å². The zero-order chi connectivity index (χ0) is 19.8. The molecule has 7 heteroatoms. The van der Waals surface area contributed by atoms with Gasteiger partial charge in [0.15, 0.2) is 5.16 Å². The Bertz CT molecular complexity index is 1140. The van der Waals surface area contributed by atoms with Crippen molar-refractivity contribution in [2.75, 3.05) is 5.75 Å². The van der Waals surface area contributed by atoms with Gasteiger partial charge in [-0.2, -0.15) is 5.26 Å². The van der Waals surface area contributed by atoms with Gasteiger partial charge in [0.1, 0.15) is 10.6 Å². The number of nitrogens with zero attached hydrogens (tertiary/aromatic N) is 3. The highest BCUT2D eigenvalue weighted by Crippen LogP contribution is 2.37. The smallest absolute Gasteiger partial charge is 0.267 e. The number of rotatable bonds is 4. The van der Waals surface area contributed by atoms with Gasteiger partial charge in [-0.3, -0.25) is 9.36 Å². The van der Waals surface area contributed by atoms with E-state index in [0.29, 0.717) is 22.2 Å². The van der Waals surface area contributed by atoms with E-state index in [1.807, 2.05) is 6.92 Å². The van der Waals surface area contributed by atoms with Crippen LogP contribution in [0.5, 0.6) is 0 Å². The molecule has 0 N–H and O–H groups in total. The highest BCUT2D eigenvalue weighted by molar-refractivity contribution is 7.99. The number of fused-ring (bicyclic) bond motifs is 3. The van der Waals surface area contributed by atoms with E-state index in [1.165, 1.54) is 27.3 Å². The molecule has 0 aliphatic heterocycles. The molecule has 0 amide bonds. The van der Waals surface area contributed by atoms with Crippen molar-refractivity contribution in [2.24, 2.45) is 11.8 Å². The van der Waals surface area contributed by atoms with Crippen molar-refractivity contribution >= 4 is 33.3 Å². The van der Waals surface area contributed by atoms with Crippen LogP contribution in [-0.2, 0) is 12.8 Å². The number of thioether (sulfide) groups is 1. The summed E-state index contributed by atoms with van der Waals surface area (Å²) in [7, 11) is 0. The molecule has 0 fully saturated rings. The molecule has 4 nitrogen and oxygen atoms in total. The standard InChI is InChI=1S/C21H20FN3OS2/c1-12-7-8-14-17(9-12)28-19-18(14)20(26)25(16-6-4-3-5-15(16)22)21(24-19)27-11-13(2)10-23/h3-6,12-13H,7-9,11H2,1-2H3/t12-,13+/m0/s1. The average molecular weight is 414 g/mol. The van der Waals surface area contributed by atoms with Crippen molar-refractivity contribution in [3.8, 4) is 11.8 Å². The van der Waals surface area contributed by atoms with Crippen LogP contribution < -0.4 is 5.56 Å². The van der Waals surface area contributed by atoms with E-state index in [-0.39, 0.29) is 17.2 Å². The number of thiophene rings is 1. The van der Waals surface area contributed by atoms with E-state index in [1.54, 1.807) is 29.5 Å². The van der Waals surface area contributed by atoms with Crippen molar-refractivity contribution in [2.45, 2.75) is 38.3 Å². The molecule has 1 aliphatic carbocycles. The highest BCUT2D eigenvalue weighted by atomic mass is 32.2. The zero-order valence-electron chi connectivity index (χ0n) is 15.7. The molecular weight excluding hydrogens is 393 g/mol. The quantitative estimate of drug-likeness (QED) is 0.448. The molecule has 28 heavy (non-hydrogen) atoms. The van der Waals surface area contributed by atoms with Gasteiger partial charge in [-0.25, -0.2) is 9.37 Å². The van der Waals surface area contributed by atoms with Crippen LogP contribution in [0.25, 0.3) is 15.9 Å². The van der Waals surface area contributed by atoms with Crippen LogP contribution in [0.2, 0.25) is 0 Å². The predicted octanol–water partition coefficient (Wildman–Crippen LogP) is 4.96. The molecular formula is C21H20FN3OS2. The fourth-order valence-corrected chi connectivity index (χ4v) is 5.92. The minimum Gasteiger partial charge on any atom is -0.268 e. The molecule has 144 valence electrons. The maximum absolute atomic E-state index is 14.6. The Kier molecular flexibility index (Phi) is 5.26. The number of aryl methyl sites for hydroxylation is 1.